The molecule has 0 radical (unpaired) electrons. The molecule has 82 valence electrons. The average molecular weight is 213 g/mol. The SMILES string of the molecule is Cn1cc(NCC=Cc2ccccc2)cn1. The average Bonchev–Trinajstić information content (AvgIpc) is 2.72. The smallest absolute Gasteiger partial charge is 0.0728 e. The van der Waals surface area contributed by atoms with Crippen molar-refractivity contribution in [2.75, 3.05) is 11.9 Å². The Morgan fingerprint density at radius 1 is 1.31 bits per heavy atom. The molecule has 1 N–H and O–H groups in total. The van der Waals surface area contributed by atoms with E-state index in [1.807, 2.05) is 37.6 Å². The normalized spacial score (nSPS) is 10.8. The molecule has 1 aromatic carbocycles. The molecule has 1 aromatic heterocycles. The Balaban J connectivity index is 1.82. The maximum absolute atomic E-state index is 4.08. The van der Waals surface area contributed by atoms with Gasteiger partial charge in [-0.25, -0.2) is 0 Å². The zero-order valence-electron chi connectivity index (χ0n) is 9.30. The fourth-order valence-electron chi connectivity index (χ4n) is 1.45. The number of hydrogen-bond acceptors (Lipinski definition) is 2. The summed E-state index contributed by atoms with van der Waals surface area (Å²) in [4.78, 5) is 0. The summed E-state index contributed by atoms with van der Waals surface area (Å²) in [5, 5.41) is 7.35. The van der Waals surface area contributed by atoms with Crippen LogP contribution in [0.3, 0.4) is 0 Å². The number of aryl methyl sites for hydroxylation is 1. The molecule has 0 saturated carbocycles. The molecule has 0 bridgehead atoms. The molecule has 3 heteroatoms. The first-order chi connectivity index (χ1) is 7.84. The minimum Gasteiger partial charge on any atom is -0.379 e. The third kappa shape index (κ3) is 2.98. The van der Waals surface area contributed by atoms with Crippen molar-refractivity contribution in [3.63, 3.8) is 0 Å². The van der Waals surface area contributed by atoms with Crippen molar-refractivity contribution in [2.45, 2.75) is 0 Å². The molecule has 0 aliphatic heterocycles. The topological polar surface area (TPSA) is 29.9 Å². The monoisotopic (exact) mass is 213 g/mol. The van der Waals surface area contributed by atoms with Crippen LogP contribution in [0.4, 0.5) is 5.69 Å². The lowest BCUT2D eigenvalue weighted by Crippen LogP contribution is -1.96. The molecule has 0 spiro atoms. The zero-order chi connectivity index (χ0) is 11.2. The largest absolute Gasteiger partial charge is 0.379 e. The lowest BCUT2D eigenvalue weighted by atomic mass is 10.2. The molecule has 2 aromatic rings. The van der Waals surface area contributed by atoms with Crippen LogP contribution < -0.4 is 5.32 Å². The van der Waals surface area contributed by atoms with Crippen LogP contribution in [-0.4, -0.2) is 16.3 Å². The molecule has 2 rings (SSSR count). The summed E-state index contributed by atoms with van der Waals surface area (Å²) >= 11 is 0. The highest BCUT2D eigenvalue weighted by molar-refractivity contribution is 5.50. The highest BCUT2D eigenvalue weighted by atomic mass is 15.3. The maximum atomic E-state index is 4.08. The molecule has 0 fully saturated rings. The number of nitrogens with zero attached hydrogens (tertiary/aromatic N) is 2. The van der Waals surface area contributed by atoms with Crippen molar-refractivity contribution >= 4 is 11.8 Å². The molecule has 3 nitrogen and oxygen atoms in total. The highest BCUT2D eigenvalue weighted by Gasteiger charge is 1.91. The van der Waals surface area contributed by atoms with E-state index in [1.165, 1.54) is 5.56 Å². The first-order valence-corrected chi connectivity index (χ1v) is 5.29. The van der Waals surface area contributed by atoms with Crippen LogP contribution in [0.5, 0.6) is 0 Å². The van der Waals surface area contributed by atoms with Gasteiger partial charge in [-0.2, -0.15) is 5.10 Å². The van der Waals surface area contributed by atoms with Crippen LogP contribution in [0.25, 0.3) is 6.08 Å². The summed E-state index contributed by atoms with van der Waals surface area (Å²) in [6, 6.07) is 10.3. The number of anilines is 1. The second kappa shape index (κ2) is 5.16. The minimum absolute atomic E-state index is 0.806. The Kier molecular flexibility index (Phi) is 3.38. The molecule has 0 aliphatic rings. The van der Waals surface area contributed by atoms with Crippen LogP contribution >= 0.6 is 0 Å². The van der Waals surface area contributed by atoms with E-state index < -0.39 is 0 Å². The number of hydrogen-bond donors (Lipinski definition) is 1. The summed E-state index contributed by atoms with van der Waals surface area (Å²) in [6.07, 6.45) is 7.97. The summed E-state index contributed by atoms with van der Waals surface area (Å²) in [7, 11) is 1.91. The predicted molar refractivity (Wildman–Crippen MR) is 67.2 cm³/mol. The standard InChI is InChI=1S/C13H15N3/c1-16-11-13(10-15-16)14-9-5-8-12-6-3-2-4-7-12/h2-8,10-11,14H,9H2,1H3. The van der Waals surface area contributed by atoms with Gasteiger partial charge in [0.25, 0.3) is 0 Å². The molecule has 16 heavy (non-hydrogen) atoms. The van der Waals surface area contributed by atoms with Crippen LogP contribution in [0, 0.1) is 0 Å². The van der Waals surface area contributed by atoms with Gasteiger partial charge in [-0.3, -0.25) is 4.68 Å². The van der Waals surface area contributed by atoms with Crippen molar-refractivity contribution in [1.29, 1.82) is 0 Å². The van der Waals surface area contributed by atoms with Gasteiger partial charge in [0.2, 0.25) is 0 Å². The van der Waals surface area contributed by atoms with Gasteiger partial charge < -0.3 is 5.32 Å². The second-order valence-electron chi connectivity index (χ2n) is 3.60. The van der Waals surface area contributed by atoms with Crippen LogP contribution in [0.1, 0.15) is 5.56 Å². The summed E-state index contributed by atoms with van der Waals surface area (Å²) in [5.41, 5.74) is 2.26. The number of benzene rings is 1. The highest BCUT2D eigenvalue weighted by Crippen LogP contribution is 2.04. The van der Waals surface area contributed by atoms with E-state index >= 15 is 0 Å². The van der Waals surface area contributed by atoms with Crippen LogP contribution in [-0.2, 0) is 7.05 Å². The van der Waals surface area contributed by atoms with Gasteiger partial charge in [0.1, 0.15) is 0 Å². The van der Waals surface area contributed by atoms with E-state index in [2.05, 4.69) is 34.7 Å². The maximum Gasteiger partial charge on any atom is 0.0728 e. The van der Waals surface area contributed by atoms with Crippen LogP contribution in [0.2, 0.25) is 0 Å². The van der Waals surface area contributed by atoms with Gasteiger partial charge in [-0.1, -0.05) is 42.5 Å². The third-order valence-electron chi connectivity index (χ3n) is 2.24. The van der Waals surface area contributed by atoms with E-state index in [-0.39, 0.29) is 0 Å². The number of nitrogens with one attached hydrogen (secondary N) is 1. The molecule has 0 amide bonds. The minimum atomic E-state index is 0.806. The Labute approximate surface area is 95.4 Å². The van der Waals surface area contributed by atoms with Gasteiger partial charge in [-0.15, -0.1) is 0 Å². The quantitative estimate of drug-likeness (QED) is 0.845. The van der Waals surface area contributed by atoms with Gasteiger partial charge in [0, 0.05) is 19.8 Å². The van der Waals surface area contributed by atoms with Crippen molar-refractivity contribution in [1.82, 2.24) is 9.78 Å². The fourth-order valence-corrected chi connectivity index (χ4v) is 1.45. The fraction of sp³-hybridized carbons (Fsp3) is 0.154. The Morgan fingerprint density at radius 3 is 2.81 bits per heavy atom. The third-order valence-corrected chi connectivity index (χ3v) is 2.24. The van der Waals surface area contributed by atoms with E-state index in [1.54, 1.807) is 4.68 Å². The summed E-state index contributed by atoms with van der Waals surface area (Å²) in [5.74, 6) is 0. The Hall–Kier alpha value is -2.03. The van der Waals surface area contributed by atoms with Crippen molar-refractivity contribution in [3.8, 4) is 0 Å². The first-order valence-electron chi connectivity index (χ1n) is 5.29. The lowest BCUT2D eigenvalue weighted by molar-refractivity contribution is 0.768. The molecule has 0 atom stereocenters. The van der Waals surface area contributed by atoms with E-state index in [0.717, 1.165) is 12.2 Å². The van der Waals surface area contributed by atoms with Crippen molar-refractivity contribution in [3.05, 3.63) is 54.4 Å². The molecule has 1 heterocycles. The first kappa shape index (κ1) is 10.5. The summed E-state index contributed by atoms with van der Waals surface area (Å²) < 4.78 is 1.78. The van der Waals surface area contributed by atoms with Gasteiger partial charge in [0.05, 0.1) is 11.9 Å². The van der Waals surface area contributed by atoms with Gasteiger partial charge in [0.15, 0.2) is 0 Å². The molecule has 0 unspecified atom stereocenters. The Bertz CT molecular complexity index is 457. The van der Waals surface area contributed by atoms with E-state index in [4.69, 9.17) is 0 Å². The molecule has 0 aliphatic carbocycles. The number of aromatic nitrogens is 2. The second-order valence-corrected chi connectivity index (χ2v) is 3.60. The number of rotatable bonds is 4. The van der Waals surface area contributed by atoms with Crippen molar-refractivity contribution in [2.24, 2.45) is 7.05 Å². The van der Waals surface area contributed by atoms with Gasteiger partial charge in [-0.05, 0) is 5.56 Å². The lowest BCUT2D eigenvalue weighted by Gasteiger charge is -1.97. The molecule has 0 saturated heterocycles. The van der Waals surface area contributed by atoms with E-state index in [9.17, 15) is 0 Å². The molecular weight excluding hydrogens is 198 g/mol. The van der Waals surface area contributed by atoms with Gasteiger partial charge >= 0.3 is 0 Å². The predicted octanol–water partition coefficient (Wildman–Crippen LogP) is 2.55. The van der Waals surface area contributed by atoms with Crippen LogP contribution in [0.15, 0.2) is 48.8 Å². The summed E-state index contributed by atoms with van der Waals surface area (Å²) in [6.45, 7) is 0.806. The zero-order valence-corrected chi connectivity index (χ0v) is 9.30. The van der Waals surface area contributed by atoms with E-state index in [0.29, 0.717) is 0 Å². The van der Waals surface area contributed by atoms with Crippen molar-refractivity contribution < 1.29 is 0 Å². The Morgan fingerprint density at radius 2 is 2.12 bits per heavy atom. The molecular formula is C13H15N3.